The maximum Gasteiger partial charge on any atom is 0.266 e. The molecule has 88 valence electrons. The van der Waals surface area contributed by atoms with Crippen LogP contribution in [0.3, 0.4) is 0 Å². The Labute approximate surface area is 86.8 Å². The molecule has 0 aromatic carbocycles. The van der Waals surface area contributed by atoms with Gasteiger partial charge in [0.05, 0.1) is 0 Å². The van der Waals surface area contributed by atoms with Gasteiger partial charge in [-0.05, 0) is 12.8 Å². The second-order valence-corrected chi connectivity index (χ2v) is 3.72. The summed E-state index contributed by atoms with van der Waals surface area (Å²) in [6.45, 7) is 0.263. The molecule has 0 aromatic heterocycles. The summed E-state index contributed by atoms with van der Waals surface area (Å²) in [5.41, 5.74) is -1.93. The summed E-state index contributed by atoms with van der Waals surface area (Å²) in [5, 5.41) is 9.46. The average molecular weight is 223 g/mol. The fourth-order valence-electron chi connectivity index (χ4n) is 1.58. The van der Waals surface area contributed by atoms with Crippen molar-refractivity contribution < 1.29 is 23.4 Å². The summed E-state index contributed by atoms with van der Waals surface area (Å²) in [5.74, 6) is -0.228. The molecule has 0 saturated carbocycles. The van der Waals surface area contributed by atoms with Crippen molar-refractivity contribution in [3.63, 3.8) is 0 Å². The Morgan fingerprint density at radius 1 is 1.53 bits per heavy atom. The Morgan fingerprint density at radius 3 is 2.47 bits per heavy atom. The van der Waals surface area contributed by atoms with Gasteiger partial charge in [0.1, 0.15) is 12.2 Å². The van der Waals surface area contributed by atoms with Gasteiger partial charge in [0.25, 0.3) is 6.43 Å². The second kappa shape index (κ2) is 4.85. The van der Waals surface area contributed by atoms with Gasteiger partial charge >= 0.3 is 0 Å². The van der Waals surface area contributed by atoms with Gasteiger partial charge < -0.3 is 14.7 Å². The lowest BCUT2D eigenvalue weighted by molar-refractivity contribution is -0.150. The fraction of sp³-hybridized carbons (Fsp3) is 0.889. The van der Waals surface area contributed by atoms with Gasteiger partial charge in [0, 0.05) is 20.2 Å². The number of halogens is 2. The molecule has 4 nitrogen and oxygen atoms in total. The number of nitrogens with zero attached hydrogens (tertiary/aromatic N) is 1. The highest BCUT2D eigenvalue weighted by atomic mass is 19.3. The second-order valence-electron chi connectivity index (χ2n) is 3.72. The van der Waals surface area contributed by atoms with Crippen LogP contribution >= 0.6 is 0 Å². The van der Waals surface area contributed by atoms with Gasteiger partial charge in [-0.2, -0.15) is 0 Å². The summed E-state index contributed by atoms with van der Waals surface area (Å²) in [6, 6.07) is 0. The van der Waals surface area contributed by atoms with E-state index >= 15 is 0 Å². The number of carbonyl (C=O) groups is 1. The van der Waals surface area contributed by atoms with E-state index in [1.54, 1.807) is 0 Å². The van der Waals surface area contributed by atoms with Gasteiger partial charge in [-0.15, -0.1) is 0 Å². The van der Waals surface area contributed by atoms with Gasteiger partial charge in [-0.25, -0.2) is 8.78 Å². The fourth-order valence-corrected chi connectivity index (χ4v) is 1.58. The maximum atomic E-state index is 12.4. The highest BCUT2D eigenvalue weighted by Crippen LogP contribution is 2.28. The lowest BCUT2D eigenvalue weighted by Crippen LogP contribution is -2.51. The third-order valence-electron chi connectivity index (χ3n) is 2.66. The SMILES string of the molecule is COCC(=O)N1CCC(O)(C(F)F)CC1. The van der Waals surface area contributed by atoms with Crippen LogP contribution in [-0.4, -0.2) is 54.7 Å². The van der Waals surface area contributed by atoms with E-state index < -0.39 is 12.0 Å². The van der Waals surface area contributed by atoms with Crippen LogP contribution < -0.4 is 0 Å². The van der Waals surface area contributed by atoms with Crippen molar-refractivity contribution in [2.45, 2.75) is 24.9 Å². The molecule has 0 spiro atoms. The molecule has 0 bridgehead atoms. The Kier molecular flexibility index (Phi) is 3.98. The standard InChI is InChI=1S/C9H15F2NO3/c1-15-6-7(13)12-4-2-9(14,3-5-12)8(10)11/h8,14H,2-6H2,1H3. The first-order valence-electron chi connectivity index (χ1n) is 4.77. The number of hydrogen-bond acceptors (Lipinski definition) is 3. The number of hydrogen-bond donors (Lipinski definition) is 1. The van der Waals surface area contributed by atoms with Gasteiger partial charge in [-0.3, -0.25) is 4.79 Å². The van der Waals surface area contributed by atoms with Crippen molar-refractivity contribution >= 4 is 5.91 Å². The Morgan fingerprint density at radius 2 is 2.07 bits per heavy atom. The van der Waals surface area contributed by atoms with E-state index in [0.717, 1.165) is 0 Å². The lowest BCUT2D eigenvalue weighted by Gasteiger charge is -2.37. The Hall–Kier alpha value is -0.750. The zero-order chi connectivity index (χ0) is 11.5. The minimum Gasteiger partial charge on any atom is -0.384 e. The Balaban J connectivity index is 2.45. The zero-order valence-electron chi connectivity index (χ0n) is 8.58. The van der Waals surface area contributed by atoms with E-state index in [4.69, 9.17) is 0 Å². The Bertz CT molecular complexity index is 227. The summed E-state index contributed by atoms with van der Waals surface area (Å²) in [7, 11) is 1.40. The summed E-state index contributed by atoms with van der Waals surface area (Å²) < 4.78 is 29.5. The minimum absolute atomic E-state index is 0.0485. The van der Waals surface area contributed by atoms with Crippen molar-refractivity contribution in [2.24, 2.45) is 0 Å². The molecule has 0 aliphatic carbocycles. The zero-order valence-corrected chi connectivity index (χ0v) is 8.58. The predicted molar refractivity (Wildman–Crippen MR) is 48.6 cm³/mol. The van der Waals surface area contributed by atoms with Gasteiger partial charge in [0.15, 0.2) is 0 Å². The summed E-state index contributed by atoms with van der Waals surface area (Å²) in [6.07, 6.45) is -2.92. The van der Waals surface area contributed by atoms with Crippen LogP contribution in [0, 0.1) is 0 Å². The first kappa shape index (κ1) is 12.3. The third-order valence-corrected chi connectivity index (χ3v) is 2.66. The molecule has 6 heteroatoms. The molecule has 0 atom stereocenters. The summed E-state index contributed by atoms with van der Waals surface area (Å²) >= 11 is 0. The number of ether oxygens (including phenoxy) is 1. The largest absolute Gasteiger partial charge is 0.384 e. The molecule has 1 aliphatic heterocycles. The number of likely N-dealkylation sites (tertiary alicyclic amines) is 1. The molecule has 15 heavy (non-hydrogen) atoms. The first-order chi connectivity index (χ1) is 6.99. The smallest absolute Gasteiger partial charge is 0.266 e. The lowest BCUT2D eigenvalue weighted by atomic mass is 9.92. The molecule has 1 fully saturated rings. The molecular formula is C9H15F2NO3. The molecule has 1 rings (SSSR count). The average Bonchev–Trinajstić information content (AvgIpc) is 2.19. The number of aliphatic hydroxyl groups is 1. The van der Waals surface area contributed by atoms with E-state index in [0.29, 0.717) is 0 Å². The number of carbonyl (C=O) groups excluding carboxylic acids is 1. The maximum absolute atomic E-state index is 12.4. The van der Waals surface area contributed by atoms with E-state index in [1.807, 2.05) is 0 Å². The summed E-state index contributed by atoms with van der Waals surface area (Å²) in [4.78, 5) is 12.7. The number of piperidine rings is 1. The molecule has 1 N–H and O–H groups in total. The van der Waals surface area contributed by atoms with Gasteiger partial charge in [-0.1, -0.05) is 0 Å². The molecule has 1 amide bonds. The van der Waals surface area contributed by atoms with E-state index in [2.05, 4.69) is 4.74 Å². The first-order valence-corrected chi connectivity index (χ1v) is 4.77. The highest BCUT2D eigenvalue weighted by Gasteiger charge is 2.41. The minimum atomic E-state index is -2.75. The van der Waals surface area contributed by atoms with Crippen LogP contribution in [0.2, 0.25) is 0 Å². The highest BCUT2D eigenvalue weighted by molar-refractivity contribution is 5.77. The van der Waals surface area contributed by atoms with E-state index in [-0.39, 0.29) is 38.4 Å². The van der Waals surface area contributed by atoms with Crippen molar-refractivity contribution in [2.75, 3.05) is 26.8 Å². The van der Waals surface area contributed by atoms with Crippen LogP contribution in [0.1, 0.15) is 12.8 Å². The number of methoxy groups -OCH3 is 1. The quantitative estimate of drug-likeness (QED) is 0.746. The van der Waals surface area contributed by atoms with Crippen LogP contribution in [-0.2, 0) is 9.53 Å². The normalized spacial score (nSPS) is 20.7. The third kappa shape index (κ3) is 2.85. The van der Waals surface area contributed by atoms with Crippen LogP contribution in [0.4, 0.5) is 8.78 Å². The molecule has 0 aromatic rings. The predicted octanol–water partition coefficient (Wildman–Crippen LogP) is 0.251. The van der Waals surface area contributed by atoms with Crippen molar-refractivity contribution in [3.8, 4) is 0 Å². The van der Waals surface area contributed by atoms with Crippen LogP contribution in [0.5, 0.6) is 0 Å². The monoisotopic (exact) mass is 223 g/mol. The number of amides is 1. The van der Waals surface area contributed by atoms with Crippen molar-refractivity contribution in [1.82, 2.24) is 4.90 Å². The van der Waals surface area contributed by atoms with Crippen LogP contribution in [0.15, 0.2) is 0 Å². The van der Waals surface area contributed by atoms with E-state index in [9.17, 15) is 18.7 Å². The molecular weight excluding hydrogens is 208 g/mol. The molecule has 0 radical (unpaired) electrons. The molecule has 1 saturated heterocycles. The van der Waals surface area contributed by atoms with E-state index in [1.165, 1.54) is 12.0 Å². The molecule has 0 unspecified atom stereocenters. The molecule has 1 aliphatic rings. The van der Waals surface area contributed by atoms with Crippen LogP contribution in [0.25, 0.3) is 0 Å². The number of rotatable bonds is 3. The van der Waals surface area contributed by atoms with Crippen molar-refractivity contribution in [1.29, 1.82) is 0 Å². The van der Waals surface area contributed by atoms with Crippen molar-refractivity contribution in [3.05, 3.63) is 0 Å². The van der Waals surface area contributed by atoms with Gasteiger partial charge in [0.2, 0.25) is 5.91 Å². The molecule has 1 heterocycles. The number of alkyl halides is 2. The topological polar surface area (TPSA) is 49.8 Å².